The molecule has 24 heavy (non-hydrogen) atoms. The molecule has 136 valence electrons. The van der Waals surface area contributed by atoms with Crippen molar-refractivity contribution in [1.82, 2.24) is 8.61 Å². The van der Waals surface area contributed by atoms with Crippen LogP contribution in [0.1, 0.15) is 19.8 Å². The maximum absolute atomic E-state index is 13.0. The van der Waals surface area contributed by atoms with Crippen LogP contribution in [-0.4, -0.2) is 58.7 Å². The van der Waals surface area contributed by atoms with Gasteiger partial charge in [-0.2, -0.15) is 4.31 Å². The molecule has 1 saturated heterocycles. The summed E-state index contributed by atoms with van der Waals surface area (Å²) in [7, 11) is -4.95. The van der Waals surface area contributed by atoms with Gasteiger partial charge in [0.2, 0.25) is 20.0 Å². The van der Waals surface area contributed by atoms with E-state index < -0.39 is 20.0 Å². The van der Waals surface area contributed by atoms with Gasteiger partial charge in [-0.3, -0.25) is 0 Å². The van der Waals surface area contributed by atoms with E-state index in [0.29, 0.717) is 25.9 Å². The summed E-state index contributed by atoms with van der Waals surface area (Å²) >= 11 is 0. The Balaban J connectivity index is 2.39. The number of piperidine rings is 1. The summed E-state index contributed by atoms with van der Waals surface area (Å²) in [5, 5.41) is 0. The van der Waals surface area contributed by atoms with Gasteiger partial charge in [-0.25, -0.2) is 21.1 Å². The minimum absolute atomic E-state index is 0.0243. The van der Waals surface area contributed by atoms with Crippen molar-refractivity contribution in [3.63, 3.8) is 0 Å². The zero-order chi connectivity index (χ0) is 18.1. The molecular weight excluding hydrogens is 350 g/mol. The van der Waals surface area contributed by atoms with Gasteiger partial charge in [0.15, 0.2) is 0 Å². The van der Waals surface area contributed by atoms with Crippen LogP contribution >= 0.6 is 0 Å². The van der Waals surface area contributed by atoms with Gasteiger partial charge in [-0.1, -0.05) is 12.1 Å². The summed E-state index contributed by atoms with van der Waals surface area (Å²) in [5.74, 6) is 0.289. The molecular formula is C15H25N3O4S2. The Kier molecular flexibility index (Phi) is 5.71. The van der Waals surface area contributed by atoms with E-state index in [0.717, 1.165) is 4.31 Å². The predicted octanol–water partition coefficient (Wildman–Crippen LogP) is 0.685. The smallest absolute Gasteiger partial charge is 0.244 e. The first-order valence-corrected chi connectivity index (χ1v) is 10.7. The van der Waals surface area contributed by atoms with Gasteiger partial charge in [0.05, 0.1) is 0 Å². The van der Waals surface area contributed by atoms with E-state index >= 15 is 0 Å². The van der Waals surface area contributed by atoms with E-state index in [1.54, 1.807) is 0 Å². The van der Waals surface area contributed by atoms with E-state index in [2.05, 4.69) is 0 Å². The van der Waals surface area contributed by atoms with Gasteiger partial charge in [-0.05, 0) is 37.8 Å². The normalized spacial score (nSPS) is 19.5. The van der Waals surface area contributed by atoms with E-state index in [1.165, 1.54) is 42.7 Å². The molecule has 1 unspecified atom stereocenters. The first kappa shape index (κ1) is 19.3. The molecule has 7 nitrogen and oxygen atoms in total. The molecule has 1 aliphatic rings. The van der Waals surface area contributed by atoms with E-state index in [9.17, 15) is 16.8 Å². The number of rotatable bonds is 5. The number of benzene rings is 1. The molecule has 0 aliphatic carbocycles. The van der Waals surface area contributed by atoms with Crippen molar-refractivity contribution in [2.45, 2.75) is 35.6 Å². The molecule has 1 atom stereocenters. The minimum Gasteiger partial charge on any atom is -0.328 e. The van der Waals surface area contributed by atoms with Crippen molar-refractivity contribution in [2.24, 2.45) is 11.7 Å². The first-order chi connectivity index (χ1) is 11.1. The highest BCUT2D eigenvalue weighted by molar-refractivity contribution is 7.92. The zero-order valence-corrected chi connectivity index (χ0v) is 15.8. The van der Waals surface area contributed by atoms with Crippen LogP contribution in [0.4, 0.5) is 0 Å². The van der Waals surface area contributed by atoms with E-state index in [1.807, 2.05) is 6.92 Å². The summed E-state index contributed by atoms with van der Waals surface area (Å²) < 4.78 is 53.2. The molecule has 1 aliphatic heterocycles. The van der Waals surface area contributed by atoms with Crippen LogP contribution in [-0.2, 0) is 20.0 Å². The summed E-state index contributed by atoms with van der Waals surface area (Å²) in [4.78, 5) is -0.359. The average Bonchev–Trinajstić information content (AvgIpc) is 2.54. The van der Waals surface area contributed by atoms with Gasteiger partial charge in [0.25, 0.3) is 0 Å². The number of nitrogens with two attached hydrogens (primary N) is 1. The number of hydrogen-bond acceptors (Lipinski definition) is 5. The number of sulfonamides is 2. The third kappa shape index (κ3) is 3.65. The lowest BCUT2D eigenvalue weighted by atomic mass is 9.92. The van der Waals surface area contributed by atoms with Crippen LogP contribution in [0.2, 0.25) is 0 Å². The van der Waals surface area contributed by atoms with Crippen LogP contribution < -0.4 is 5.73 Å². The van der Waals surface area contributed by atoms with Gasteiger partial charge < -0.3 is 5.73 Å². The summed E-state index contributed by atoms with van der Waals surface area (Å²) in [5.41, 5.74) is 5.89. The summed E-state index contributed by atoms with van der Waals surface area (Å²) in [6.45, 7) is 2.63. The molecule has 1 heterocycles. The molecule has 1 fully saturated rings. The van der Waals surface area contributed by atoms with Gasteiger partial charge in [0, 0.05) is 33.2 Å². The van der Waals surface area contributed by atoms with Crippen LogP contribution in [0.25, 0.3) is 0 Å². The predicted molar refractivity (Wildman–Crippen MR) is 92.4 cm³/mol. The number of nitrogens with zero attached hydrogens (tertiary/aromatic N) is 2. The van der Waals surface area contributed by atoms with Crippen molar-refractivity contribution < 1.29 is 16.8 Å². The van der Waals surface area contributed by atoms with Crippen molar-refractivity contribution >= 4 is 20.0 Å². The molecule has 0 spiro atoms. The van der Waals surface area contributed by atoms with Gasteiger partial charge in [-0.15, -0.1) is 0 Å². The van der Waals surface area contributed by atoms with Crippen LogP contribution in [0, 0.1) is 5.92 Å². The third-order valence-corrected chi connectivity index (χ3v) is 8.43. The monoisotopic (exact) mass is 375 g/mol. The minimum atomic E-state index is -3.87. The fraction of sp³-hybridized carbons (Fsp3) is 0.600. The highest BCUT2D eigenvalue weighted by Gasteiger charge is 2.34. The molecule has 1 aromatic rings. The van der Waals surface area contributed by atoms with Crippen LogP contribution in [0.5, 0.6) is 0 Å². The van der Waals surface area contributed by atoms with Crippen molar-refractivity contribution in [3.05, 3.63) is 24.3 Å². The SMILES string of the molecule is CC(N)C1CCN(S(=O)(=O)c2ccccc2S(=O)(=O)N(C)C)CC1. The quantitative estimate of drug-likeness (QED) is 0.816. The Labute approximate surface area is 144 Å². The van der Waals surface area contributed by atoms with Crippen LogP contribution in [0.3, 0.4) is 0 Å². The highest BCUT2D eigenvalue weighted by atomic mass is 32.2. The molecule has 1 aromatic carbocycles. The van der Waals surface area contributed by atoms with E-state index in [4.69, 9.17) is 5.73 Å². The molecule has 0 bridgehead atoms. The molecule has 0 saturated carbocycles. The van der Waals surface area contributed by atoms with Gasteiger partial charge in [0.1, 0.15) is 9.79 Å². The van der Waals surface area contributed by atoms with E-state index in [-0.39, 0.29) is 21.8 Å². The fourth-order valence-corrected chi connectivity index (χ4v) is 5.99. The molecule has 0 amide bonds. The fourth-order valence-electron chi connectivity index (χ4n) is 2.85. The van der Waals surface area contributed by atoms with Crippen molar-refractivity contribution in [2.75, 3.05) is 27.2 Å². The Morgan fingerprint density at radius 3 is 2.04 bits per heavy atom. The summed E-state index contributed by atoms with van der Waals surface area (Å²) in [6, 6.07) is 5.77. The second-order valence-corrected chi connectivity index (χ2v) is 10.4. The lowest BCUT2D eigenvalue weighted by Crippen LogP contribution is -2.42. The lowest BCUT2D eigenvalue weighted by Gasteiger charge is -2.33. The summed E-state index contributed by atoms with van der Waals surface area (Å²) in [6.07, 6.45) is 1.36. The lowest BCUT2D eigenvalue weighted by molar-refractivity contribution is 0.250. The topological polar surface area (TPSA) is 101 Å². The Bertz CT molecular complexity index is 781. The highest BCUT2D eigenvalue weighted by Crippen LogP contribution is 2.29. The average molecular weight is 376 g/mol. The standard InChI is InChI=1S/C15H25N3O4S2/c1-12(16)13-8-10-18(11-9-13)24(21,22)15-7-5-4-6-14(15)23(19,20)17(2)3/h4-7,12-13H,8-11,16H2,1-3H3. The third-order valence-electron chi connectivity index (χ3n) is 4.47. The maximum atomic E-state index is 13.0. The molecule has 0 aromatic heterocycles. The van der Waals surface area contributed by atoms with Crippen LogP contribution in [0.15, 0.2) is 34.1 Å². The second-order valence-electron chi connectivity index (χ2n) is 6.33. The zero-order valence-electron chi connectivity index (χ0n) is 14.2. The maximum Gasteiger partial charge on any atom is 0.244 e. The van der Waals surface area contributed by atoms with Crippen molar-refractivity contribution in [1.29, 1.82) is 0 Å². The molecule has 2 N–H and O–H groups in total. The largest absolute Gasteiger partial charge is 0.328 e. The first-order valence-electron chi connectivity index (χ1n) is 7.85. The molecule has 9 heteroatoms. The van der Waals surface area contributed by atoms with Crippen molar-refractivity contribution in [3.8, 4) is 0 Å². The molecule has 0 radical (unpaired) electrons. The molecule has 2 rings (SSSR count). The Morgan fingerprint density at radius 2 is 1.58 bits per heavy atom. The Morgan fingerprint density at radius 1 is 1.08 bits per heavy atom. The Hall–Kier alpha value is -1.00. The van der Waals surface area contributed by atoms with Gasteiger partial charge >= 0.3 is 0 Å². The second kappa shape index (κ2) is 7.09. The number of hydrogen-bond donors (Lipinski definition) is 1.